The van der Waals surface area contributed by atoms with Crippen LogP contribution in [0.3, 0.4) is 0 Å². The minimum absolute atomic E-state index is 0.0322. The lowest BCUT2D eigenvalue weighted by molar-refractivity contribution is -0.387. The number of aromatic nitrogens is 3. The molecule has 0 atom stereocenters. The number of methoxy groups -OCH3 is 1. The Bertz CT molecular complexity index is 1030. The number of carbonyl (C=O) groups excluding carboxylic acids is 1. The van der Waals surface area contributed by atoms with Gasteiger partial charge < -0.3 is 10.1 Å². The first-order valence-electron chi connectivity index (χ1n) is 7.72. The van der Waals surface area contributed by atoms with Crippen LogP contribution >= 0.6 is 0 Å². The lowest BCUT2D eigenvalue weighted by Gasteiger charge is -2.06. The van der Waals surface area contributed by atoms with Gasteiger partial charge >= 0.3 is 5.69 Å². The molecule has 0 fully saturated rings. The fourth-order valence-electron chi connectivity index (χ4n) is 2.45. The third kappa shape index (κ3) is 3.59. The molecule has 0 aliphatic heterocycles. The fourth-order valence-corrected chi connectivity index (χ4v) is 2.45. The maximum Gasteiger partial charge on any atom is 0.306 e. The van der Waals surface area contributed by atoms with E-state index in [1.54, 1.807) is 31.2 Å². The van der Waals surface area contributed by atoms with Crippen molar-refractivity contribution in [3.05, 3.63) is 69.8 Å². The number of nitro groups is 1. The molecule has 27 heavy (non-hydrogen) atoms. The Morgan fingerprint density at radius 2 is 2.07 bits per heavy atom. The smallest absolute Gasteiger partial charge is 0.306 e. The van der Waals surface area contributed by atoms with Crippen molar-refractivity contribution in [2.45, 2.75) is 6.92 Å². The SMILES string of the molecule is COc1cccc(-n2nnc(C(=O)Nc3ccc(F)c([N+](=O)[O-])c3)c2C)c1. The van der Waals surface area contributed by atoms with Gasteiger partial charge in [-0.1, -0.05) is 11.3 Å². The van der Waals surface area contributed by atoms with Crippen LogP contribution in [0.1, 0.15) is 16.2 Å². The highest BCUT2D eigenvalue weighted by molar-refractivity contribution is 6.03. The van der Waals surface area contributed by atoms with Crippen LogP contribution in [0.5, 0.6) is 5.75 Å². The minimum atomic E-state index is -0.988. The maximum absolute atomic E-state index is 13.4. The molecule has 0 unspecified atom stereocenters. The number of halogens is 1. The summed E-state index contributed by atoms with van der Waals surface area (Å²) in [5.74, 6) is -0.993. The largest absolute Gasteiger partial charge is 0.497 e. The fraction of sp³-hybridized carbons (Fsp3) is 0.118. The van der Waals surface area contributed by atoms with Gasteiger partial charge in [0.15, 0.2) is 5.69 Å². The highest BCUT2D eigenvalue weighted by Crippen LogP contribution is 2.23. The van der Waals surface area contributed by atoms with Crippen LogP contribution in [0, 0.1) is 22.9 Å². The normalized spacial score (nSPS) is 10.5. The summed E-state index contributed by atoms with van der Waals surface area (Å²) < 4.78 is 20.0. The Labute approximate surface area is 152 Å². The second kappa shape index (κ2) is 7.20. The van der Waals surface area contributed by atoms with Crippen molar-refractivity contribution in [2.24, 2.45) is 0 Å². The lowest BCUT2D eigenvalue weighted by Crippen LogP contribution is -2.14. The average Bonchev–Trinajstić information content (AvgIpc) is 3.04. The molecule has 0 saturated carbocycles. The molecule has 9 nitrogen and oxygen atoms in total. The molecule has 1 N–H and O–H groups in total. The van der Waals surface area contributed by atoms with Crippen molar-refractivity contribution >= 4 is 17.3 Å². The predicted octanol–water partition coefficient (Wildman–Crippen LogP) is 2.88. The molecular weight excluding hydrogens is 357 g/mol. The summed E-state index contributed by atoms with van der Waals surface area (Å²) in [6, 6.07) is 10.1. The van der Waals surface area contributed by atoms with Crippen LogP contribution in [0.15, 0.2) is 42.5 Å². The van der Waals surface area contributed by atoms with Gasteiger partial charge in [0, 0.05) is 17.8 Å². The molecule has 1 heterocycles. The lowest BCUT2D eigenvalue weighted by atomic mass is 10.2. The van der Waals surface area contributed by atoms with E-state index in [0.29, 0.717) is 17.1 Å². The van der Waals surface area contributed by atoms with E-state index >= 15 is 0 Å². The zero-order valence-electron chi connectivity index (χ0n) is 14.3. The van der Waals surface area contributed by atoms with Gasteiger partial charge in [0.2, 0.25) is 5.82 Å². The first kappa shape index (κ1) is 18.0. The van der Waals surface area contributed by atoms with Gasteiger partial charge in [-0.05, 0) is 31.2 Å². The summed E-state index contributed by atoms with van der Waals surface area (Å²) in [7, 11) is 1.54. The number of nitrogens with one attached hydrogen (secondary N) is 1. The Hall–Kier alpha value is -3.82. The number of hydrogen-bond acceptors (Lipinski definition) is 6. The number of amides is 1. The number of nitrogens with zero attached hydrogens (tertiary/aromatic N) is 4. The van der Waals surface area contributed by atoms with Crippen molar-refractivity contribution in [1.29, 1.82) is 0 Å². The standard InChI is InChI=1S/C17H14FN5O4/c1-10-16(20-21-22(10)12-4-3-5-13(9-12)27-2)17(24)19-11-6-7-14(18)15(8-11)23(25)26/h3-9H,1-2H3,(H,19,24). The summed E-state index contributed by atoms with van der Waals surface area (Å²) in [6.45, 7) is 1.65. The quantitative estimate of drug-likeness (QED) is 0.545. The van der Waals surface area contributed by atoms with Crippen molar-refractivity contribution in [1.82, 2.24) is 15.0 Å². The van der Waals surface area contributed by atoms with Gasteiger partial charge in [-0.2, -0.15) is 4.39 Å². The van der Waals surface area contributed by atoms with E-state index in [1.165, 1.54) is 17.9 Å². The number of hydrogen-bond donors (Lipinski definition) is 1. The van der Waals surface area contributed by atoms with Gasteiger partial charge in [-0.15, -0.1) is 5.10 Å². The number of benzene rings is 2. The molecule has 0 saturated heterocycles. The molecule has 0 spiro atoms. The van der Waals surface area contributed by atoms with Crippen LogP contribution in [0.25, 0.3) is 5.69 Å². The summed E-state index contributed by atoms with van der Waals surface area (Å²) >= 11 is 0. The Kier molecular flexibility index (Phi) is 4.79. The summed E-state index contributed by atoms with van der Waals surface area (Å²) in [5, 5.41) is 21.1. The molecule has 0 aliphatic rings. The van der Waals surface area contributed by atoms with Crippen molar-refractivity contribution in [3.63, 3.8) is 0 Å². The van der Waals surface area contributed by atoms with Crippen LogP contribution in [0.2, 0.25) is 0 Å². The molecule has 3 aromatic rings. The van der Waals surface area contributed by atoms with E-state index in [4.69, 9.17) is 4.74 Å². The van der Waals surface area contributed by atoms with Gasteiger partial charge in [0.25, 0.3) is 5.91 Å². The predicted molar refractivity (Wildman–Crippen MR) is 93.7 cm³/mol. The number of ether oxygens (including phenoxy) is 1. The van der Waals surface area contributed by atoms with E-state index in [2.05, 4.69) is 15.6 Å². The molecule has 1 aromatic heterocycles. The first-order valence-corrected chi connectivity index (χ1v) is 7.72. The molecule has 3 rings (SSSR count). The number of carbonyl (C=O) groups is 1. The van der Waals surface area contributed by atoms with E-state index in [1.807, 2.05) is 0 Å². The van der Waals surface area contributed by atoms with E-state index in [0.717, 1.165) is 12.1 Å². The topological polar surface area (TPSA) is 112 Å². The van der Waals surface area contributed by atoms with Crippen LogP contribution < -0.4 is 10.1 Å². The number of anilines is 1. The number of nitro benzene ring substituents is 1. The monoisotopic (exact) mass is 371 g/mol. The molecule has 138 valence electrons. The molecular formula is C17H14FN5O4. The molecule has 0 aliphatic carbocycles. The Morgan fingerprint density at radius 3 is 2.78 bits per heavy atom. The van der Waals surface area contributed by atoms with Crippen molar-refractivity contribution in [3.8, 4) is 11.4 Å². The average molecular weight is 371 g/mol. The third-order valence-electron chi connectivity index (χ3n) is 3.81. The van der Waals surface area contributed by atoms with Gasteiger partial charge in [-0.3, -0.25) is 14.9 Å². The highest BCUT2D eigenvalue weighted by Gasteiger charge is 2.20. The molecule has 0 radical (unpaired) electrons. The Balaban J connectivity index is 1.87. The van der Waals surface area contributed by atoms with Crippen LogP contribution in [0.4, 0.5) is 15.8 Å². The summed E-state index contributed by atoms with van der Waals surface area (Å²) in [4.78, 5) is 22.4. The second-order valence-electron chi connectivity index (χ2n) is 5.51. The van der Waals surface area contributed by atoms with Crippen molar-refractivity contribution in [2.75, 3.05) is 12.4 Å². The van der Waals surface area contributed by atoms with Gasteiger partial charge in [-0.25, -0.2) is 4.68 Å². The highest BCUT2D eigenvalue weighted by atomic mass is 19.1. The van der Waals surface area contributed by atoms with Gasteiger partial charge in [0.05, 0.1) is 23.4 Å². The molecule has 10 heteroatoms. The van der Waals surface area contributed by atoms with E-state index in [-0.39, 0.29) is 11.4 Å². The third-order valence-corrected chi connectivity index (χ3v) is 3.81. The zero-order chi connectivity index (χ0) is 19.6. The van der Waals surface area contributed by atoms with Crippen LogP contribution in [-0.2, 0) is 0 Å². The van der Waals surface area contributed by atoms with Crippen LogP contribution in [-0.4, -0.2) is 32.9 Å². The van der Waals surface area contributed by atoms with E-state index in [9.17, 15) is 19.3 Å². The van der Waals surface area contributed by atoms with Gasteiger partial charge in [0.1, 0.15) is 5.75 Å². The number of rotatable bonds is 5. The Morgan fingerprint density at radius 1 is 1.30 bits per heavy atom. The minimum Gasteiger partial charge on any atom is -0.497 e. The zero-order valence-corrected chi connectivity index (χ0v) is 14.3. The first-order chi connectivity index (χ1) is 12.9. The van der Waals surface area contributed by atoms with E-state index < -0.39 is 22.3 Å². The maximum atomic E-state index is 13.4. The van der Waals surface area contributed by atoms with Crippen molar-refractivity contribution < 1.29 is 18.8 Å². The second-order valence-corrected chi connectivity index (χ2v) is 5.51. The molecule has 2 aromatic carbocycles. The summed E-state index contributed by atoms with van der Waals surface area (Å²) in [5.41, 5.74) is 0.478. The molecule has 1 amide bonds. The molecule has 0 bridgehead atoms. The summed E-state index contributed by atoms with van der Waals surface area (Å²) in [6.07, 6.45) is 0.